The lowest BCUT2D eigenvalue weighted by molar-refractivity contribution is 0.148. The Hall–Kier alpha value is -0.870. The summed E-state index contributed by atoms with van der Waals surface area (Å²) in [6, 6.07) is 0.357. The van der Waals surface area contributed by atoms with Crippen molar-refractivity contribution in [1.29, 1.82) is 0 Å². The molecule has 0 aromatic carbocycles. The molecule has 14 heavy (non-hydrogen) atoms. The van der Waals surface area contributed by atoms with Crippen LogP contribution in [0.1, 0.15) is 20.8 Å². The van der Waals surface area contributed by atoms with E-state index in [1.54, 1.807) is 12.5 Å². The summed E-state index contributed by atoms with van der Waals surface area (Å²) in [5, 5.41) is 12.7. The standard InChI is InChI=1S/C10H19N3O/c1-9(2)12-10(3,7-14)6-13-5-4-11-8-13/h4-5,8-9,12,14H,6-7H2,1-3H3. The Bertz CT molecular complexity index is 258. The van der Waals surface area contributed by atoms with E-state index in [1.165, 1.54) is 0 Å². The largest absolute Gasteiger partial charge is 0.394 e. The molecule has 0 saturated carbocycles. The number of nitrogens with zero attached hydrogens (tertiary/aromatic N) is 2. The summed E-state index contributed by atoms with van der Waals surface area (Å²) in [5.41, 5.74) is -0.283. The van der Waals surface area contributed by atoms with Crippen molar-refractivity contribution in [1.82, 2.24) is 14.9 Å². The van der Waals surface area contributed by atoms with Crippen LogP contribution >= 0.6 is 0 Å². The molecule has 1 aromatic heterocycles. The second kappa shape index (κ2) is 4.57. The highest BCUT2D eigenvalue weighted by Crippen LogP contribution is 2.07. The number of imidazole rings is 1. The molecule has 0 aliphatic rings. The molecule has 0 aliphatic heterocycles. The van der Waals surface area contributed by atoms with Crippen LogP contribution in [0, 0.1) is 0 Å². The minimum Gasteiger partial charge on any atom is -0.394 e. The second-order valence-electron chi connectivity index (χ2n) is 4.25. The van der Waals surface area contributed by atoms with Gasteiger partial charge in [-0.3, -0.25) is 0 Å². The zero-order valence-corrected chi connectivity index (χ0v) is 9.07. The van der Waals surface area contributed by atoms with Crippen molar-refractivity contribution in [2.45, 2.75) is 38.9 Å². The second-order valence-corrected chi connectivity index (χ2v) is 4.25. The minimum atomic E-state index is -0.283. The van der Waals surface area contributed by atoms with Crippen LogP contribution in [-0.2, 0) is 6.54 Å². The maximum Gasteiger partial charge on any atom is 0.0946 e. The van der Waals surface area contributed by atoms with E-state index in [1.807, 2.05) is 17.7 Å². The van der Waals surface area contributed by atoms with Gasteiger partial charge in [0.1, 0.15) is 0 Å². The smallest absolute Gasteiger partial charge is 0.0946 e. The third-order valence-electron chi connectivity index (χ3n) is 2.08. The maximum absolute atomic E-state index is 9.34. The Labute approximate surface area is 85.0 Å². The fourth-order valence-electron chi connectivity index (χ4n) is 1.62. The first-order valence-corrected chi connectivity index (χ1v) is 4.90. The molecule has 0 bridgehead atoms. The number of rotatable bonds is 5. The van der Waals surface area contributed by atoms with Crippen molar-refractivity contribution in [3.8, 4) is 0 Å². The summed E-state index contributed by atoms with van der Waals surface area (Å²) in [5.74, 6) is 0. The Morgan fingerprint density at radius 2 is 2.29 bits per heavy atom. The van der Waals surface area contributed by atoms with Gasteiger partial charge in [-0.2, -0.15) is 0 Å². The van der Waals surface area contributed by atoms with Crippen LogP contribution in [-0.4, -0.2) is 32.8 Å². The number of nitrogens with one attached hydrogen (secondary N) is 1. The fourth-order valence-corrected chi connectivity index (χ4v) is 1.62. The molecular formula is C10H19N3O. The first kappa shape index (κ1) is 11.2. The van der Waals surface area contributed by atoms with Crippen LogP contribution in [0.25, 0.3) is 0 Å². The van der Waals surface area contributed by atoms with Crippen LogP contribution in [0.2, 0.25) is 0 Å². The lowest BCUT2D eigenvalue weighted by Gasteiger charge is -2.31. The lowest BCUT2D eigenvalue weighted by Crippen LogP contribution is -2.51. The molecular weight excluding hydrogens is 178 g/mol. The van der Waals surface area contributed by atoms with Crippen molar-refractivity contribution in [2.75, 3.05) is 6.61 Å². The molecule has 1 rings (SSSR count). The molecule has 1 unspecified atom stereocenters. The number of hydrogen-bond acceptors (Lipinski definition) is 3. The van der Waals surface area contributed by atoms with Gasteiger partial charge in [0.15, 0.2) is 0 Å². The molecule has 1 heterocycles. The highest BCUT2D eigenvalue weighted by molar-refractivity contribution is 4.87. The van der Waals surface area contributed by atoms with Crippen LogP contribution < -0.4 is 5.32 Å². The summed E-state index contributed by atoms with van der Waals surface area (Å²) >= 11 is 0. The van der Waals surface area contributed by atoms with Crippen molar-refractivity contribution in [2.24, 2.45) is 0 Å². The lowest BCUT2D eigenvalue weighted by atomic mass is 10.0. The van der Waals surface area contributed by atoms with Crippen LogP contribution in [0.15, 0.2) is 18.7 Å². The summed E-state index contributed by atoms with van der Waals surface area (Å²) in [6.45, 7) is 6.99. The third-order valence-corrected chi connectivity index (χ3v) is 2.08. The van der Waals surface area contributed by atoms with Crippen molar-refractivity contribution in [3.63, 3.8) is 0 Å². The van der Waals surface area contributed by atoms with Gasteiger partial charge in [-0.25, -0.2) is 4.98 Å². The van der Waals surface area contributed by atoms with Gasteiger partial charge < -0.3 is 15.0 Å². The van der Waals surface area contributed by atoms with Crippen LogP contribution in [0.3, 0.4) is 0 Å². The SMILES string of the molecule is CC(C)NC(C)(CO)Cn1ccnc1. The maximum atomic E-state index is 9.34. The van der Waals surface area contributed by atoms with E-state index in [-0.39, 0.29) is 12.1 Å². The Morgan fingerprint density at radius 3 is 2.71 bits per heavy atom. The molecule has 4 heteroatoms. The highest BCUT2D eigenvalue weighted by atomic mass is 16.3. The molecule has 0 saturated heterocycles. The zero-order valence-electron chi connectivity index (χ0n) is 9.07. The number of hydrogen-bond donors (Lipinski definition) is 2. The van der Waals surface area contributed by atoms with E-state index in [0.717, 1.165) is 6.54 Å². The quantitative estimate of drug-likeness (QED) is 0.728. The fraction of sp³-hybridized carbons (Fsp3) is 0.700. The first-order chi connectivity index (χ1) is 6.56. The predicted octanol–water partition coefficient (Wildman–Crippen LogP) is 0.632. The molecule has 1 atom stereocenters. The van der Waals surface area contributed by atoms with Gasteiger partial charge in [0.25, 0.3) is 0 Å². The van der Waals surface area contributed by atoms with Crippen molar-refractivity contribution >= 4 is 0 Å². The summed E-state index contributed by atoms with van der Waals surface area (Å²) < 4.78 is 1.96. The summed E-state index contributed by atoms with van der Waals surface area (Å²) in [4.78, 5) is 3.97. The van der Waals surface area contributed by atoms with E-state index in [2.05, 4.69) is 24.1 Å². The van der Waals surface area contributed by atoms with E-state index in [0.29, 0.717) is 6.04 Å². The Balaban J connectivity index is 2.61. The Kier molecular flexibility index (Phi) is 3.66. The molecule has 4 nitrogen and oxygen atoms in total. The molecule has 0 radical (unpaired) electrons. The van der Waals surface area contributed by atoms with E-state index in [4.69, 9.17) is 0 Å². The summed E-state index contributed by atoms with van der Waals surface area (Å²) in [6.07, 6.45) is 5.40. The predicted molar refractivity (Wildman–Crippen MR) is 56.0 cm³/mol. The van der Waals surface area contributed by atoms with Gasteiger partial charge in [-0.05, 0) is 6.92 Å². The van der Waals surface area contributed by atoms with Gasteiger partial charge in [0.05, 0.1) is 18.5 Å². The number of aromatic nitrogens is 2. The molecule has 0 aliphatic carbocycles. The number of aliphatic hydroxyl groups is 1. The van der Waals surface area contributed by atoms with Gasteiger partial charge in [0, 0.05) is 25.0 Å². The zero-order chi connectivity index (χ0) is 10.6. The molecule has 0 spiro atoms. The van der Waals surface area contributed by atoms with Gasteiger partial charge in [0.2, 0.25) is 0 Å². The van der Waals surface area contributed by atoms with E-state index < -0.39 is 0 Å². The summed E-state index contributed by atoms with van der Waals surface area (Å²) in [7, 11) is 0. The van der Waals surface area contributed by atoms with Gasteiger partial charge in [-0.1, -0.05) is 13.8 Å². The monoisotopic (exact) mass is 197 g/mol. The van der Waals surface area contributed by atoms with E-state index in [9.17, 15) is 5.11 Å². The van der Waals surface area contributed by atoms with Gasteiger partial charge in [-0.15, -0.1) is 0 Å². The van der Waals surface area contributed by atoms with Crippen molar-refractivity contribution in [3.05, 3.63) is 18.7 Å². The van der Waals surface area contributed by atoms with Gasteiger partial charge >= 0.3 is 0 Å². The third kappa shape index (κ3) is 3.12. The van der Waals surface area contributed by atoms with E-state index >= 15 is 0 Å². The van der Waals surface area contributed by atoms with Crippen LogP contribution in [0.4, 0.5) is 0 Å². The van der Waals surface area contributed by atoms with Crippen LogP contribution in [0.5, 0.6) is 0 Å². The number of aliphatic hydroxyl groups excluding tert-OH is 1. The molecule has 0 amide bonds. The topological polar surface area (TPSA) is 50.1 Å². The highest BCUT2D eigenvalue weighted by Gasteiger charge is 2.24. The molecule has 80 valence electrons. The first-order valence-electron chi connectivity index (χ1n) is 4.90. The molecule has 1 aromatic rings. The average Bonchev–Trinajstić information content (AvgIpc) is 2.55. The van der Waals surface area contributed by atoms with Crippen molar-refractivity contribution < 1.29 is 5.11 Å². The average molecular weight is 197 g/mol. The molecule has 0 fully saturated rings. The molecule has 2 N–H and O–H groups in total. The Morgan fingerprint density at radius 1 is 1.57 bits per heavy atom. The minimum absolute atomic E-state index is 0.114. The normalized spacial score (nSPS) is 15.8.